The number of rotatable bonds is 3. The zero-order chi connectivity index (χ0) is 19.1. The maximum Gasteiger partial charge on any atom is 0.0426 e. The van der Waals surface area contributed by atoms with Crippen molar-refractivity contribution in [3.05, 3.63) is 90.0 Å². The molecule has 0 aliphatic carbocycles. The molecule has 1 aromatic heterocycles. The molecule has 0 saturated heterocycles. The van der Waals surface area contributed by atoms with E-state index in [1.54, 1.807) is 0 Å². The summed E-state index contributed by atoms with van der Waals surface area (Å²) in [6.45, 7) is 4.27. The summed E-state index contributed by atoms with van der Waals surface area (Å²) in [6, 6.07) is 26.2. The predicted octanol–water partition coefficient (Wildman–Crippen LogP) is 8.29. The van der Waals surface area contributed by atoms with Gasteiger partial charge >= 0.3 is 0 Å². The van der Waals surface area contributed by atoms with E-state index in [1.165, 1.54) is 42.1 Å². The van der Waals surface area contributed by atoms with Crippen molar-refractivity contribution < 1.29 is 0 Å². The van der Waals surface area contributed by atoms with Crippen LogP contribution in [-0.4, -0.2) is 0 Å². The Morgan fingerprint density at radius 2 is 1.54 bits per heavy atom. The molecular formula is C26H21NS. The summed E-state index contributed by atoms with van der Waals surface area (Å²) in [6.07, 6.45) is 4.32. The van der Waals surface area contributed by atoms with E-state index >= 15 is 0 Å². The topological polar surface area (TPSA) is 12.0 Å². The fraction of sp³-hybridized carbons (Fsp3) is 0.0769. The first-order valence-corrected chi connectivity index (χ1v) is 10.4. The van der Waals surface area contributed by atoms with Crippen molar-refractivity contribution in [3.8, 4) is 0 Å². The summed E-state index contributed by atoms with van der Waals surface area (Å²) in [7, 11) is 0. The van der Waals surface area contributed by atoms with E-state index in [1.807, 2.05) is 11.3 Å². The number of fused-ring (bicyclic) bond motifs is 4. The number of nitrogens with one attached hydrogen (secondary N) is 1. The van der Waals surface area contributed by atoms with Crippen molar-refractivity contribution in [1.29, 1.82) is 0 Å². The molecule has 2 heteroatoms. The van der Waals surface area contributed by atoms with Crippen LogP contribution in [0.3, 0.4) is 0 Å². The van der Waals surface area contributed by atoms with Crippen LogP contribution in [0.25, 0.3) is 37.0 Å². The molecule has 0 fully saturated rings. The van der Waals surface area contributed by atoms with Crippen LogP contribution in [0.4, 0.5) is 11.4 Å². The summed E-state index contributed by atoms with van der Waals surface area (Å²) in [4.78, 5) is 0. The minimum Gasteiger partial charge on any atom is -0.355 e. The van der Waals surface area contributed by atoms with Crippen molar-refractivity contribution in [3.63, 3.8) is 0 Å². The lowest BCUT2D eigenvalue weighted by Gasteiger charge is -2.15. The standard InChI is InChI=1S/C26H21NS/c1-3-8-20-17(2)24(15-18-9-4-5-10-21(18)20)27-19-13-14-23-22-11-6-7-12-25(22)28-26(23)16-19/h3-16,27H,1-2H3/b8-3-. The molecule has 28 heavy (non-hydrogen) atoms. The molecule has 1 N–H and O–H groups in total. The zero-order valence-corrected chi connectivity index (χ0v) is 16.8. The van der Waals surface area contributed by atoms with Crippen LogP contribution in [0.2, 0.25) is 0 Å². The summed E-state index contributed by atoms with van der Waals surface area (Å²) >= 11 is 1.85. The molecule has 0 radical (unpaired) electrons. The average molecular weight is 380 g/mol. The Morgan fingerprint density at radius 3 is 2.39 bits per heavy atom. The first-order chi connectivity index (χ1) is 13.7. The fourth-order valence-electron chi connectivity index (χ4n) is 3.95. The predicted molar refractivity (Wildman–Crippen MR) is 126 cm³/mol. The zero-order valence-electron chi connectivity index (χ0n) is 16.0. The van der Waals surface area contributed by atoms with E-state index in [2.05, 4.69) is 104 Å². The van der Waals surface area contributed by atoms with Crippen molar-refractivity contribution in [2.45, 2.75) is 13.8 Å². The Balaban J connectivity index is 1.63. The number of allylic oxidation sites excluding steroid dienone is 1. The van der Waals surface area contributed by atoms with Crippen LogP contribution >= 0.6 is 11.3 Å². The van der Waals surface area contributed by atoms with Crippen LogP contribution in [0.15, 0.2) is 78.9 Å². The molecule has 0 amide bonds. The highest BCUT2D eigenvalue weighted by atomic mass is 32.1. The minimum absolute atomic E-state index is 1.13. The third kappa shape index (κ3) is 2.78. The summed E-state index contributed by atoms with van der Waals surface area (Å²) in [5.74, 6) is 0. The van der Waals surface area contributed by atoms with Gasteiger partial charge in [0.25, 0.3) is 0 Å². The van der Waals surface area contributed by atoms with Gasteiger partial charge in [0.2, 0.25) is 0 Å². The van der Waals surface area contributed by atoms with Crippen LogP contribution in [0, 0.1) is 6.92 Å². The normalized spacial score (nSPS) is 11.8. The Kier molecular flexibility index (Phi) is 4.14. The Morgan fingerprint density at radius 1 is 0.786 bits per heavy atom. The monoisotopic (exact) mass is 379 g/mol. The highest BCUT2D eigenvalue weighted by Crippen LogP contribution is 2.37. The van der Waals surface area contributed by atoms with Crippen molar-refractivity contribution in [1.82, 2.24) is 0 Å². The lowest BCUT2D eigenvalue weighted by Crippen LogP contribution is -1.96. The van der Waals surface area contributed by atoms with Crippen molar-refractivity contribution in [2.75, 3.05) is 5.32 Å². The lowest BCUT2D eigenvalue weighted by atomic mass is 9.97. The van der Waals surface area contributed by atoms with Gasteiger partial charge in [-0.25, -0.2) is 0 Å². The molecule has 1 nitrogen and oxygen atoms in total. The molecule has 136 valence electrons. The van der Waals surface area contributed by atoms with Gasteiger partial charge in [-0.3, -0.25) is 0 Å². The van der Waals surface area contributed by atoms with Gasteiger partial charge in [0.1, 0.15) is 0 Å². The Hall–Kier alpha value is -3.10. The van der Waals surface area contributed by atoms with Gasteiger partial charge in [-0.15, -0.1) is 11.3 Å². The van der Waals surface area contributed by atoms with Crippen molar-refractivity contribution >= 4 is 59.7 Å². The highest BCUT2D eigenvalue weighted by molar-refractivity contribution is 7.25. The van der Waals surface area contributed by atoms with Gasteiger partial charge in [0, 0.05) is 31.5 Å². The minimum atomic E-state index is 1.13. The van der Waals surface area contributed by atoms with Gasteiger partial charge in [-0.05, 0) is 60.0 Å². The summed E-state index contributed by atoms with van der Waals surface area (Å²) in [5, 5.41) is 8.89. The molecule has 0 aliphatic rings. The lowest BCUT2D eigenvalue weighted by molar-refractivity contribution is 1.44. The van der Waals surface area contributed by atoms with Gasteiger partial charge < -0.3 is 5.32 Å². The quantitative estimate of drug-likeness (QED) is 0.332. The molecule has 0 bridgehead atoms. The molecule has 5 rings (SSSR count). The maximum atomic E-state index is 3.67. The first kappa shape index (κ1) is 17.0. The van der Waals surface area contributed by atoms with Crippen LogP contribution < -0.4 is 5.32 Å². The summed E-state index contributed by atoms with van der Waals surface area (Å²) < 4.78 is 2.66. The smallest absolute Gasteiger partial charge is 0.0426 e. The van der Waals surface area contributed by atoms with E-state index in [0.717, 1.165) is 11.4 Å². The molecule has 0 aliphatic heterocycles. The third-order valence-electron chi connectivity index (χ3n) is 5.35. The second kappa shape index (κ2) is 6.81. The maximum absolute atomic E-state index is 3.67. The van der Waals surface area contributed by atoms with Crippen LogP contribution in [0.5, 0.6) is 0 Å². The molecule has 0 spiro atoms. The number of hydrogen-bond acceptors (Lipinski definition) is 2. The number of hydrogen-bond donors (Lipinski definition) is 1. The fourth-order valence-corrected chi connectivity index (χ4v) is 5.09. The van der Waals surface area contributed by atoms with Gasteiger partial charge in [-0.1, -0.05) is 60.7 Å². The number of anilines is 2. The van der Waals surface area contributed by atoms with Crippen LogP contribution in [-0.2, 0) is 0 Å². The van der Waals surface area contributed by atoms with Crippen LogP contribution in [0.1, 0.15) is 18.1 Å². The number of benzene rings is 4. The van der Waals surface area contributed by atoms with E-state index in [0.29, 0.717) is 0 Å². The molecule has 0 unspecified atom stereocenters. The molecule has 4 aromatic carbocycles. The molecule has 5 aromatic rings. The highest BCUT2D eigenvalue weighted by Gasteiger charge is 2.10. The van der Waals surface area contributed by atoms with E-state index in [4.69, 9.17) is 0 Å². The first-order valence-electron chi connectivity index (χ1n) is 9.58. The molecule has 0 saturated carbocycles. The van der Waals surface area contributed by atoms with Gasteiger partial charge in [-0.2, -0.15) is 0 Å². The third-order valence-corrected chi connectivity index (χ3v) is 6.48. The van der Waals surface area contributed by atoms with Gasteiger partial charge in [0.05, 0.1) is 0 Å². The van der Waals surface area contributed by atoms with E-state index in [-0.39, 0.29) is 0 Å². The number of thiophene rings is 1. The van der Waals surface area contributed by atoms with E-state index in [9.17, 15) is 0 Å². The SMILES string of the molecule is C/C=C\c1c(C)c(Nc2ccc3c(c2)sc2ccccc23)cc2ccccc12. The molecule has 0 atom stereocenters. The second-order valence-corrected chi connectivity index (χ2v) is 8.20. The van der Waals surface area contributed by atoms with Crippen molar-refractivity contribution in [2.24, 2.45) is 0 Å². The van der Waals surface area contributed by atoms with Gasteiger partial charge in [0.15, 0.2) is 0 Å². The van der Waals surface area contributed by atoms with E-state index < -0.39 is 0 Å². The average Bonchev–Trinajstić information content (AvgIpc) is 3.09. The summed E-state index contributed by atoms with van der Waals surface area (Å²) in [5.41, 5.74) is 4.84. The second-order valence-electron chi connectivity index (χ2n) is 7.12. The largest absolute Gasteiger partial charge is 0.355 e. The Bertz CT molecular complexity index is 1360. The molecular weight excluding hydrogens is 358 g/mol. The Labute approximate surface area is 168 Å². The molecule has 1 heterocycles.